The lowest BCUT2D eigenvalue weighted by molar-refractivity contribution is -0.137. The summed E-state index contributed by atoms with van der Waals surface area (Å²) in [5.41, 5.74) is -1.23. The van der Waals surface area contributed by atoms with Crippen molar-refractivity contribution in [1.82, 2.24) is 5.32 Å². The molecule has 0 aliphatic heterocycles. The van der Waals surface area contributed by atoms with Gasteiger partial charge in [-0.25, -0.2) is 0 Å². The first kappa shape index (κ1) is 14.4. The van der Waals surface area contributed by atoms with Gasteiger partial charge in [-0.15, -0.1) is 6.42 Å². The minimum absolute atomic E-state index is 0.0451. The molecule has 1 aromatic rings. The molecule has 5 heteroatoms. The molecule has 20 heavy (non-hydrogen) atoms. The summed E-state index contributed by atoms with van der Waals surface area (Å²) in [6, 6.07) is 2.99. The molecular weight excluding hydrogens is 267 g/mol. The normalized spacial score (nSPS) is 16.9. The zero-order chi connectivity index (χ0) is 15.0. The maximum absolute atomic E-state index is 12.8. The number of hydrogen-bond donors (Lipinski definition) is 1. The second kappa shape index (κ2) is 4.86. The largest absolute Gasteiger partial charge is 0.416 e. The van der Waals surface area contributed by atoms with Crippen molar-refractivity contribution in [2.75, 3.05) is 0 Å². The third kappa shape index (κ3) is 2.96. The monoisotopic (exact) mass is 281 g/mol. The Balaban J connectivity index is 2.31. The van der Waals surface area contributed by atoms with Crippen LogP contribution in [0.25, 0.3) is 0 Å². The van der Waals surface area contributed by atoms with Gasteiger partial charge in [-0.05, 0) is 44.4 Å². The predicted molar refractivity (Wildman–Crippen MR) is 69.1 cm³/mol. The Labute approximate surface area is 115 Å². The second-order valence-corrected chi connectivity index (χ2v) is 5.31. The fourth-order valence-electron chi connectivity index (χ4n) is 2.18. The summed E-state index contributed by atoms with van der Waals surface area (Å²) >= 11 is 0. The molecular formula is C15H14F3NO. The molecule has 0 bridgehead atoms. The maximum atomic E-state index is 12.8. The summed E-state index contributed by atoms with van der Waals surface area (Å²) in [6.07, 6.45) is 3.30. The van der Waals surface area contributed by atoms with Gasteiger partial charge in [0, 0.05) is 16.7 Å². The Morgan fingerprint density at radius 2 is 2.00 bits per heavy atom. The van der Waals surface area contributed by atoms with Crippen molar-refractivity contribution in [2.24, 2.45) is 0 Å². The van der Waals surface area contributed by atoms with Gasteiger partial charge in [0.25, 0.3) is 5.91 Å². The third-order valence-electron chi connectivity index (χ3n) is 3.56. The molecule has 1 N–H and O–H groups in total. The van der Waals surface area contributed by atoms with Crippen molar-refractivity contribution in [2.45, 2.75) is 37.9 Å². The lowest BCUT2D eigenvalue weighted by atomic mass is 9.78. The van der Waals surface area contributed by atoms with Crippen LogP contribution in [0.3, 0.4) is 0 Å². The van der Waals surface area contributed by atoms with Crippen LogP contribution in [0.4, 0.5) is 13.2 Å². The molecule has 0 spiro atoms. The van der Waals surface area contributed by atoms with E-state index in [2.05, 4.69) is 11.2 Å². The molecule has 1 aliphatic carbocycles. The number of carbonyl (C=O) groups excluding carboxylic acids is 1. The average molecular weight is 281 g/mol. The van der Waals surface area contributed by atoms with Crippen LogP contribution in [-0.2, 0) is 6.18 Å². The van der Waals surface area contributed by atoms with Crippen molar-refractivity contribution in [3.8, 4) is 12.3 Å². The van der Waals surface area contributed by atoms with E-state index >= 15 is 0 Å². The third-order valence-corrected chi connectivity index (χ3v) is 3.56. The molecule has 0 saturated heterocycles. The first-order valence-electron chi connectivity index (χ1n) is 6.25. The number of benzene rings is 1. The topological polar surface area (TPSA) is 29.1 Å². The molecule has 0 aromatic heterocycles. The summed E-state index contributed by atoms with van der Waals surface area (Å²) in [7, 11) is 0. The Hall–Kier alpha value is -1.96. The Bertz CT molecular complexity index is 580. The van der Waals surface area contributed by atoms with Gasteiger partial charge >= 0.3 is 6.18 Å². The first-order chi connectivity index (χ1) is 9.23. The van der Waals surface area contributed by atoms with Crippen LogP contribution in [0.5, 0.6) is 0 Å². The number of nitrogens with one attached hydrogen (secondary N) is 1. The zero-order valence-electron chi connectivity index (χ0n) is 11.0. The van der Waals surface area contributed by atoms with Crippen molar-refractivity contribution in [3.63, 3.8) is 0 Å². The lowest BCUT2D eigenvalue weighted by Gasteiger charge is -2.39. The van der Waals surface area contributed by atoms with Crippen LogP contribution in [0.1, 0.15) is 47.7 Å². The highest BCUT2D eigenvalue weighted by Gasteiger charge is 2.35. The summed E-state index contributed by atoms with van der Waals surface area (Å²) in [4.78, 5) is 12.1. The fourth-order valence-corrected chi connectivity index (χ4v) is 2.18. The summed E-state index contributed by atoms with van der Waals surface area (Å²) in [6.45, 7) is 1.88. The quantitative estimate of drug-likeness (QED) is 0.827. The number of carbonyl (C=O) groups is 1. The molecule has 0 heterocycles. The Morgan fingerprint density at radius 3 is 2.45 bits per heavy atom. The van der Waals surface area contributed by atoms with Crippen molar-refractivity contribution < 1.29 is 18.0 Å². The SMILES string of the molecule is C#Cc1cc(C(=O)NC2(C)CCC2)cc(C(F)(F)F)c1. The van der Waals surface area contributed by atoms with E-state index in [4.69, 9.17) is 6.42 Å². The molecule has 0 radical (unpaired) electrons. The van der Waals surface area contributed by atoms with Crippen molar-refractivity contribution >= 4 is 5.91 Å². The highest BCUT2D eigenvalue weighted by molar-refractivity contribution is 5.95. The van der Waals surface area contributed by atoms with Crippen molar-refractivity contribution in [1.29, 1.82) is 0 Å². The van der Waals surface area contributed by atoms with Crippen molar-refractivity contribution in [3.05, 3.63) is 34.9 Å². The highest BCUT2D eigenvalue weighted by Crippen LogP contribution is 2.33. The van der Waals surface area contributed by atoms with Gasteiger partial charge in [0.15, 0.2) is 0 Å². The molecule has 2 rings (SSSR count). The first-order valence-corrected chi connectivity index (χ1v) is 6.25. The minimum atomic E-state index is -4.53. The summed E-state index contributed by atoms with van der Waals surface area (Å²) in [5.74, 6) is 1.63. The van der Waals surface area contributed by atoms with Gasteiger partial charge in [-0.2, -0.15) is 13.2 Å². The molecule has 1 saturated carbocycles. The van der Waals surface area contributed by atoms with E-state index in [1.807, 2.05) is 6.92 Å². The van der Waals surface area contributed by atoms with E-state index in [1.54, 1.807) is 0 Å². The van der Waals surface area contributed by atoms with Crippen LogP contribution < -0.4 is 5.32 Å². The second-order valence-electron chi connectivity index (χ2n) is 5.31. The molecule has 1 amide bonds. The maximum Gasteiger partial charge on any atom is 0.416 e. The van der Waals surface area contributed by atoms with E-state index in [0.717, 1.165) is 31.4 Å². The fraction of sp³-hybridized carbons (Fsp3) is 0.400. The van der Waals surface area contributed by atoms with Crippen LogP contribution in [0.15, 0.2) is 18.2 Å². The van der Waals surface area contributed by atoms with Gasteiger partial charge in [0.2, 0.25) is 0 Å². The Morgan fingerprint density at radius 1 is 1.35 bits per heavy atom. The molecule has 1 aromatic carbocycles. The highest BCUT2D eigenvalue weighted by atomic mass is 19.4. The van der Waals surface area contributed by atoms with Gasteiger partial charge in [0.1, 0.15) is 0 Å². The van der Waals surface area contributed by atoms with Crippen LogP contribution in [-0.4, -0.2) is 11.4 Å². The average Bonchev–Trinajstić information content (AvgIpc) is 2.35. The molecule has 2 nitrogen and oxygen atoms in total. The molecule has 1 fully saturated rings. The summed E-state index contributed by atoms with van der Waals surface area (Å²) in [5, 5.41) is 2.76. The number of amides is 1. The van der Waals surface area contributed by atoms with E-state index in [9.17, 15) is 18.0 Å². The predicted octanol–water partition coefficient (Wildman–Crippen LogP) is 3.36. The zero-order valence-corrected chi connectivity index (χ0v) is 11.0. The van der Waals surface area contributed by atoms with E-state index in [-0.39, 0.29) is 16.7 Å². The number of terminal acetylenes is 1. The van der Waals surface area contributed by atoms with Gasteiger partial charge < -0.3 is 5.32 Å². The van der Waals surface area contributed by atoms with Crippen LogP contribution in [0.2, 0.25) is 0 Å². The number of rotatable bonds is 2. The van der Waals surface area contributed by atoms with Crippen LogP contribution >= 0.6 is 0 Å². The lowest BCUT2D eigenvalue weighted by Crippen LogP contribution is -2.50. The molecule has 0 atom stereocenters. The number of alkyl halides is 3. The van der Waals surface area contributed by atoms with E-state index < -0.39 is 17.6 Å². The molecule has 1 aliphatic rings. The number of halogens is 3. The van der Waals surface area contributed by atoms with Gasteiger partial charge in [-0.3, -0.25) is 4.79 Å². The van der Waals surface area contributed by atoms with Gasteiger partial charge in [-0.1, -0.05) is 5.92 Å². The molecule has 106 valence electrons. The van der Waals surface area contributed by atoms with Crippen LogP contribution in [0, 0.1) is 12.3 Å². The Kier molecular flexibility index (Phi) is 3.51. The van der Waals surface area contributed by atoms with Gasteiger partial charge in [0.05, 0.1) is 5.56 Å². The summed E-state index contributed by atoms with van der Waals surface area (Å²) < 4.78 is 38.3. The number of hydrogen-bond acceptors (Lipinski definition) is 1. The van der Waals surface area contributed by atoms with E-state index in [1.165, 1.54) is 6.07 Å². The smallest absolute Gasteiger partial charge is 0.347 e. The standard InChI is InChI=1S/C15H14F3NO/c1-3-10-7-11(9-12(8-10)15(16,17)18)13(20)19-14(2)5-4-6-14/h1,7-9H,4-6H2,2H3,(H,19,20). The van der Waals surface area contributed by atoms with E-state index in [0.29, 0.717) is 0 Å². The molecule has 0 unspecified atom stereocenters. The minimum Gasteiger partial charge on any atom is -0.347 e.